The molecule has 102 valence electrons. The van der Waals surface area contributed by atoms with Crippen LogP contribution in [-0.2, 0) is 6.18 Å². The molecule has 0 radical (unpaired) electrons. The number of aryl methyl sites for hydroxylation is 2. The van der Waals surface area contributed by atoms with Gasteiger partial charge < -0.3 is 5.32 Å². The van der Waals surface area contributed by atoms with Crippen LogP contribution >= 0.6 is 0 Å². The van der Waals surface area contributed by atoms with Crippen LogP contribution in [0.4, 0.5) is 18.9 Å². The fourth-order valence-corrected chi connectivity index (χ4v) is 1.42. The summed E-state index contributed by atoms with van der Waals surface area (Å²) in [7, 11) is 0. The Morgan fingerprint density at radius 3 is 2.28 bits per heavy atom. The first kappa shape index (κ1) is 16.5. The maximum absolute atomic E-state index is 12.4. The first-order valence-corrected chi connectivity index (χ1v) is 5.76. The summed E-state index contributed by atoms with van der Waals surface area (Å²) in [5.41, 5.74) is 0.649. The van der Waals surface area contributed by atoms with Gasteiger partial charge in [0.15, 0.2) is 0 Å². The second-order valence-corrected chi connectivity index (χ2v) is 3.45. The third-order valence-electron chi connectivity index (χ3n) is 2.11. The van der Waals surface area contributed by atoms with Gasteiger partial charge in [0.1, 0.15) is 5.69 Å². The van der Waals surface area contributed by atoms with Gasteiger partial charge in [-0.3, -0.25) is 0 Å². The molecule has 0 unspecified atom stereocenters. The van der Waals surface area contributed by atoms with E-state index in [1.165, 1.54) is 0 Å². The largest absolute Gasteiger partial charge is 0.433 e. The highest BCUT2D eigenvalue weighted by molar-refractivity contribution is 5.55. The van der Waals surface area contributed by atoms with E-state index in [1.807, 2.05) is 13.8 Å². The number of hydrogen-bond donors (Lipinski definition) is 1. The molecule has 0 saturated carbocycles. The molecule has 0 atom stereocenters. The first-order valence-electron chi connectivity index (χ1n) is 5.76. The number of alkyl halides is 3. The van der Waals surface area contributed by atoms with Crippen LogP contribution in [0.1, 0.15) is 30.8 Å². The molecule has 1 rings (SSSR count). The second-order valence-electron chi connectivity index (χ2n) is 3.45. The van der Waals surface area contributed by atoms with Gasteiger partial charge >= 0.3 is 6.18 Å². The second kappa shape index (κ2) is 7.03. The van der Waals surface area contributed by atoms with Crippen molar-refractivity contribution in [3.05, 3.63) is 35.7 Å². The molecule has 0 saturated heterocycles. The van der Waals surface area contributed by atoms with Crippen molar-refractivity contribution in [2.75, 3.05) is 11.9 Å². The zero-order valence-corrected chi connectivity index (χ0v) is 11.2. The molecule has 0 aliphatic carbocycles. The van der Waals surface area contributed by atoms with E-state index in [0.717, 1.165) is 6.07 Å². The monoisotopic (exact) mass is 260 g/mol. The molecule has 1 N–H and O–H groups in total. The van der Waals surface area contributed by atoms with Gasteiger partial charge in [-0.15, -0.1) is 6.58 Å². The van der Waals surface area contributed by atoms with E-state index in [0.29, 0.717) is 23.5 Å². The molecule has 1 aromatic heterocycles. The summed E-state index contributed by atoms with van der Waals surface area (Å²) < 4.78 is 37.3. The lowest BCUT2D eigenvalue weighted by Gasteiger charge is -2.14. The molecule has 2 nitrogen and oxygen atoms in total. The summed E-state index contributed by atoms with van der Waals surface area (Å²) in [6.07, 6.45) is -2.76. The van der Waals surface area contributed by atoms with E-state index in [4.69, 9.17) is 0 Å². The van der Waals surface area contributed by atoms with Crippen molar-refractivity contribution in [2.24, 2.45) is 0 Å². The van der Waals surface area contributed by atoms with E-state index < -0.39 is 11.9 Å². The third-order valence-corrected chi connectivity index (χ3v) is 2.11. The quantitative estimate of drug-likeness (QED) is 0.818. The van der Waals surface area contributed by atoms with Gasteiger partial charge in [0, 0.05) is 6.54 Å². The van der Waals surface area contributed by atoms with Crippen LogP contribution in [0, 0.1) is 13.8 Å². The van der Waals surface area contributed by atoms with Crippen LogP contribution in [0.2, 0.25) is 0 Å². The number of anilines is 1. The smallest absolute Gasteiger partial charge is 0.380 e. The van der Waals surface area contributed by atoms with Crippen LogP contribution in [0.5, 0.6) is 0 Å². The fraction of sp³-hybridized carbons (Fsp3) is 0.462. The van der Waals surface area contributed by atoms with Crippen LogP contribution in [0.15, 0.2) is 18.7 Å². The first-order chi connectivity index (χ1) is 8.36. The minimum absolute atomic E-state index is 0.342. The molecule has 0 amide bonds. The predicted molar refractivity (Wildman–Crippen MR) is 68.7 cm³/mol. The molecule has 1 heterocycles. The van der Waals surface area contributed by atoms with Gasteiger partial charge in [-0.25, -0.2) is 4.98 Å². The molecular weight excluding hydrogens is 241 g/mol. The molecular formula is C13H19F3N2. The maximum atomic E-state index is 12.4. The average molecular weight is 260 g/mol. The van der Waals surface area contributed by atoms with Crippen molar-refractivity contribution in [1.29, 1.82) is 0 Å². The zero-order chi connectivity index (χ0) is 14.3. The lowest BCUT2D eigenvalue weighted by molar-refractivity contribution is -0.141. The molecule has 0 aromatic carbocycles. The summed E-state index contributed by atoms with van der Waals surface area (Å²) in [5, 5.41) is 2.96. The molecule has 0 bridgehead atoms. The van der Waals surface area contributed by atoms with E-state index >= 15 is 0 Å². The van der Waals surface area contributed by atoms with Gasteiger partial charge in [0.05, 0.1) is 11.4 Å². The third kappa shape index (κ3) is 4.39. The van der Waals surface area contributed by atoms with Gasteiger partial charge in [-0.2, -0.15) is 13.2 Å². The van der Waals surface area contributed by atoms with Crippen LogP contribution in [0.3, 0.4) is 0 Å². The number of nitrogens with one attached hydrogen (secondary N) is 1. The van der Waals surface area contributed by atoms with Gasteiger partial charge in [-0.05, 0) is 25.5 Å². The molecule has 0 aliphatic heterocycles. The zero-order valence-electron chi connectivity index (χ0n) is 11.2. The van der Waals surface area contributed by atoms with E-state index in [1.54, 1.807) is 19.9 Å². The van der Waals surface area contributed by atoms with E-state index in [-0.39, 0.29) is 0 Å². The summed E-state index contributed by atoms with van der Waals surface area (Å²) in [6.45, 7) is 11.2. The Morgan fingerprint density at radius 1 is 1.33 bits per heavy atom. The minimum atomic E-state index is -4.40. The van der Waals surface area contributed by atoms with E-state index in [9.17, 15) is 13.2 Å². The van der Waals surface area contributed by atoms with Crippen molar-refractivity contribution in [3.8, 4) is 0 Å². The van der Waals surface area contributed by atoms with Crippen LogP contribution < -0.4 is 5.32 Å². The summed E-state index contributed by atoms with van der Waals surface area (Å²) in [6, 6.07) is 1.04. The van der Waals surface area contributed by atoms with E-state index in [2.05, 4.69) is 16.9 Å². The standard InChI is InChI=1S/C11H13F3N2.C2H6/c1-4-5-15-10-7(2)6-9(11(12,13)14)16-8(10)3;1-2/h4,6,15H,1,5H2,2-3H3;1-2H3. The summed E-state index contributed by atoms with van der Waals surface area (Å²) in [5.74, 6) is 0. The number of aromatic nitrogens is 1. The van der Waals surface area contributed by atoms with Crippen LogP contribution in [0.25, 0.3) is 0 Å². The molecule has 0 fully saturated rings. The van der Waals surface area contributed by atoms with Crippen molar-refractivity contribution in [3.63, 3.8) is 0 Å². The average Bonchev–Trinajstić information content (AvgIpc) is 2.29. The Morgan fingerprint density at radius 2 is 1.89 bits per heavy atom. The Kier molecular flexibility index (Phi) is 6.44. The van der Waals surface area contributed by atoms with Crippen LogP contribution in [-0.4, -0.2) is 11.5 Å². The maximum Gasteiger partial charge on any atom is 0.433 e. The lowest BCUT2D eigenvalue weighted by Crippen LogP contribution is -2.12. The van der Waals surface area contributed by atoms with Crippen molar-refractivity contribution in [2.45, 2.75) is 33.9 Å². The van der Waals surface area contributed by atoms with Gasteiger partial charge in [0.25, 0.3) is 0 Å². The highest BCUT2D eigenvalue weighted by Crippen LogP contribution is 2.31. The van der Waals surface area contributed by atoms with Gasteiger partial charge in [-0.1, -0.05) is 19.9 Å². The number of pyridine rings is 1. The highest BCUT2D eigenvalue weighted by atomic mass is 19.4. The number of hydrogen-bond acceptors (Lipinski definition) is 2. The normalized spacial score (nSPS) is 10.4. The minimum Gasteiger partial charge on any atom is -0.380 e. The highest BCUT2D eigenvalue weighted by Gasteiger charge is 2.33. The SMILES string of the molecule is C=CCNc1c(C)cc(C(F)(F)F)nc1C.CC. The molecule has 1 aromatic rings. The Bertz CT molecular complexity index is 375. The number of rotatable bonds is 3. The topological polar surface area (TPSA) is 24.9 Å². The molecule has 0 spiro atoms. The fourth-order valence-electron chi connectivity index (χ4n) is 1.42. The number of halogens is 3. The van der Waals surface area contributed by atoms with Gasteiger partial charge in [0.2, 0.25) is 0 Å². The Balaban J connectivity index is 0.00000137. The Hall–Kier alpha value is -1.52. The predicted octanol–water partition coefficient (Wildman–Crippen LogP) is 4.34. The lowest BCUT2D eigenvalue weighted by atomic mass is 10.1. The summed E-state index contributed by atoms with van der Waals surface area (Å²) in [4.78, 5) is 3.54. The summed E-state index contributed by atoms with van der Waals surface area (Å²) >= 11 is 0. The molecule has 0 aliphatic rings. The van der Waals surface area contributed by atoms with Crippen molar-refractivity contribution < 1.29 is 13.2 Å². The number of nitrogens with zero attached hydrogens (tertiary/aromatic N) is 1. The molecule has 18 heavy (non-hydrogen) atoms. The van der Waals surface area contributed by atoms with Crippen molar-refractivity contribution in [1.82, 2.24) is 4.98 Å². The van der Waals surface area contributed by atoms with Crippen molar-refractivity contribution >= 4 is 5.69 Å². The Labute approximate surface area is 106 Å². The molecule has 5 heteroatoms.